The average Bonchev–Trinajstić information content (AvgIpc) is 2.82. The van der Waals surface area contributed by atoms with Gasteiger partial charge in [-0.1, -0.05) is 33.6 Å². The number of hydrogen-bond acceptors (Lipinski definition) is 4. The standard InChI is InChI=1S/C14H24N2O3/c1-5-8-16-12(11(19-4)9-15-16)14(18)13(17)10(6-2)7-3/h9-10,13,17H,5-8H2,1-4H3. The third-order valence-electron chi connectivity index (χ3n) is 3.46. The van der Waals surface area contributed by atoms with E-state index in [9.17, 15) is 9.90 Å². The fourth-order valence-corrected chi connectivity index (χ4v) is 2.24. The molecule has 1 heterocycles. The first-order valence-corrected chi connectivity index (χ1v) is 6.92. The molecule has 0 aliphatic heterocycles. The SMILES string of the molecule is CCCn1ncc(OC)c1C(=O)C(O)C(CC)CC. The number of Topliss-reactive ketones (excluding diaryl/α,β-unsaturated/α-hetero) is 1. The molecule has 0 spiro atoms. The molecule has 0 bridgehead atoms. The molecule has 1 aromatic heterocycles. The van der Waals surface area contributed by atoms with E-state index in [1.54, 1.807) is 4.68 Å². The second-order valence-corrected chi connectivity index (χ2v) is 4.67. The minimum absolute atomic E-state index is 0.0258. The predicted molar refractivity (Wildman–Crippen MR) is 73.5 cm³/mol. The number of ether oxygens (including phenoxy) is 1. The van der Waals surface area contributed by atoms with Crippen LogP contribution < -0.4 is 4.74 Å². The number of carbonyl (C=O) groups is 1. The maximum absolute atomic E-state index is 12.4. The molecule has 0 fully saturated rings. The number of rotatable bonds is 8. The second kappa shape index (κ2) is 7.28. The molecule has 1 aromatic rings. The van der Waals surface area contributed by atoms with Crippen molar-refractivity contribution in [1.29, 1.82) is 0 Å². The summed E-state index contributed by atoms with van der Waals surface area (Å²) in [6, 6.07) is 0. The molecule has 1 unspecified atom stereocenters. The Labute approximate surface area is 114 Å². The number of aryl methyl sites for hydroxylation is 1. The minimum Gasteiger partial charge on any atom is -0.493 e. The van der Waals surface area contributed by atoms with Crippen molar-refractivity contribution in [3.8, 4) is 5.75 Å². The molecule has 1 rings (SSSR count). The van der Waals surface area contributed by atoms with Crippen molar-refractivity contribution in [3.63, 3.8) is 0 Å². The highest BCUT2D eigenvalue weighted by molar-refractivity contribution is 6.00. The highest BCUT2D eigenvalue weighted by Gasteiger charge is 2.29. The summed E-state index contributed by atoms with van der Waals surface area (Å²) in [7, 11) is 1.51. The number of carbonyl (C=O) groups excluding carboxylic acids is 1. The van der Waals surface area contributed by atoms with E-state index in [2.05, 4.69) is 5.10 Å². The van der Waals surface area contributed by atoms with Crippen LogP contribution in [0.4, 0.5) is 0 Å². The smallest absolute Gasteiger partial charge is 0.213 e. The van der Waals surface area contributed by atoms with E-state index < -0.39 is 6.10 Å². The lowest BCUT2D eigenvalue weighted by Gasteiger charge is -2.19. The summed E-state index contributed by atoms with van der Waals surface area (Å²) in [5.41, 5.74) is 0.378. The fraction of sp³-hybridized carbons (Fsp3) is 0.714. The van der Waals surface area contributed by atoms with E-state index in [4.69, 9.17) is 4.74 Å². The van der Waals surface area contributed by atoms with Crippen LogP contribution in [0.3, 0.4) is 0 Å². The summed E-state index contributed by atoms with van der Waals surface area (Å²) in [6.45, 7) is 6.61. The van der Waals surface area contributed by atoms with Gasteiger partial charge in [-0.25, -0.2) is 0 Å². The third-order valence-corrected chi connectivity index (χ3v) is 3.46. The van der Waals surface area contributed by atoms with Crippen molar-refractivity contribution in [1.82, 2.24) is 9.78 Å². The number of nitrogens with zero attached hydrogens (tertiary/aromatic N) is 2. The fourth-order valence-electron chi connectivity index (χ4n) is 2.24. The molecule has 0 saturated heterocycles. The van der Waals surface area contributed by atoms with Crippen molar-refractivity contribution in [2.24, 2.45) is 5.92 Å². The lowest BCUT2D eigenvalue weighted by atomic mass is 9.92. The summed E-state index contributed by atoms with van der Waals surface area (Å²) in [5, 5.41) is 14.4. The van der Waals surface area contributed by atoms with Gasteiger partial charge in [0, 0.05) is 6.54 Å². The topological polar surface area (TPSA) is 64.4 Å². The molecule has 1 N–H and O–H groups in total. The lowest BCUT2D eigenvalue weighted by Crippen LogP contribution is -2.31. The van der Waals surface area contributed by atoms with Crippen LogP contribution in [-0.4, -0.2) is 33.9 Å². The predicted octanol–water partition coefficient (Wildman–Crippen LogP) is 2.28. The van der Waals surface area contributed by atoms with Crippen molar-refractivity contribution in [3.05, 3.63) is 11.9 Å². The van der Waals surface area contributed by atoms with E-state index in [0.717, 1.165) is 19.3 Å². The monoisotopic (exact) mass is 268 g/mol. The van der Waals surface area contributed by atoms with E-state index in [0.29, 0.717) is 18.0 Å². The van der Waals surface area contributed by atoms with Gasteiger partial charge in [-0.15, -0.1) is 0 Å². The van der Waals surface area contributed by atoms with Gasteiger partial charge >= 0.3 is 0 Å². The van der Waals surface area contributed by atoms with Gasteiger partial charge in [-0.2, -0.15) is 5.10 Å². The number of aliphatic hydroxyl groups excluding tert-OH is 1. The molecule has 19 heavy (non-hydrogen) atoms. The molecule has 5 nitrogen and oxygen atoms in total. The highest BCUT2D eigenvalue weighted by atomic mass is 16.5. The average molecular weight is 268 g/mol. The second-order valence-electron chi connectivity index (χ2n) is 4.67. The molecule has 0 saturated carbocycles. The van der Waals surface area contributed by atoms with Gasteiger partial charge < -0.3 is 9.84 Å². The molecule has 0 aliphatic carbocycles. The molecule has 1 atom stereocenters. The summed E-state index contributed by atoms with van der Waals surface area (Å²) < 4.78 is 6.79. The van der Waals surface area contributed by atoms with Crippen LogP contribution in [0, 0.1) is 5.92 Å². The molecule has 0 aromatic carbocycles. The van der Waals surface area contributed by atoms with Crippen molar-refractivity contribution < 1.29 is 14.6 Å². The quantitative estimate of drug-likeness (QED) is 0.735. The van der Waals surface area contributed by atoms with Gasteiger partial charge in [0.2, 0.25) is 5.78 Å². The zero-order chi connectivity index (χ0) is 14.4. The van der Waals surface area contributed by atoms with Crippen LogP contribution in [0.15, 0.2) is 6.20 Å². The number of aromatic nitrogens is 2. The number of aliphatic hydroxyl groups is 1. The normalized spacial score (nSPS) is 12.7. The van der Waals surface area contributed by atoms with Crippen LogP contribution in [0.1, 0.15) is 50.5 Å². The van der Waals surface area contributed by atoms with Gasteiger partial charge in [0.25, 0.3) is 0 Å². The van der Waals surface area contributed by atoms with Crippen molar-refractivity contribution >= 4 is 5.78 Å². The molecule has 0 radical (unpaired) electrons. The van der Waals surface area contributed by atoms with E-state index in [1.807, 2.05) is 20.8 Å². The Hall–Kier alpha value is -1.36. The van der Waals surface area contributed by atoms with Gasteiger partial charge in [0.05, 0.1) is 13.3 Å². The molecular weight excluding hydrogens is 244 g/mol. The molecule has 0 amide bonds. The van der Waals surface area contributed by atoms with Crippen molar-refractivity contribution in [2.75, 3.05) is 7.11 Å². The van der Waals surface area contributed by atoms with Gasteiger partial charge in [0.15, 0.2) is 5.75 Å². The number of ketones is 1. The maximum atomic E-state index is 12.4. The van der Waals surface area contributed by atoms with E-state index in [-0.39, 0.29) is 11.7 Å². The number of hydrogen-bond donors (Lipinski definition) is 1. The summed E-state index contributed by atoms with van der Waals surface area (Å²) in [6.07, 6.45) is 2.95. The zero-order valence-corrected chi connectivity index (χ0v) is 12.2. The Morgan fingerprint density at radius 2 is 2.05 bits per heavy atom. The Morgan fingerprint density at radius 1 is 1.42 bits per heavy atom. The molecule has 5 heteroatoms. The summed E-state index contributed by atoms with van der Waals surface area (Å²) in [4.78, 5) is 12.4. The van der Waals surface area contributed by atoms with Gasteiger partial charge in [-0.3, -0.25) is 9.48 Å². The summed E-state index contributed by atoms with van der Waals surface area (Å²) in [5.74, 6) is 0.113. The first-order chi connectivity index (χ1) is 9.10. The third kappa shape index (κ3) is 3.35. The van der Waals surface area contributed by atoms with Gasteiger partial charge in [0.1, 0.15) is 11.8 Å². The first-order valence-electron chi connectivity index (χ1n) is 6.92. The highest BCUT2D eigenvalue weighted by Crippen LogP contribution is 2.24. The van der Waals surface area contributed by atoms with E-state index >= 15 is 0 Å². The Bertz CT molecular complexity index is 411. The zero-order valence-electron chi connectivity index (χ0n) is 12.2. The van der Waals surface area contributed by atoms with Crippen LogP contribution in [0.25, 0.3) is 0 Å². The molecule has 0 aliphatic rings. The number of methoxy groups -OCH3 is 1. The molecule has 108 valence electrons. The van der Waals surface area contributed by atoms with Crippen LogP contribution in [0.2, 0.25) is 0 Å². The first kappa shape index (κ1) is 15.7. The van der Waals surface area contributed by atoms with Gasteiger partial charge in [-0.05, 0) is 12.3 Å². The Morgan fingerprint density at radius 3 is 2.53 bits per heavy atom. The van der Waals surface area contributed by atoms with Crippen LogP contribution >= 0.6 is 0 Å². The Kier molecular flexibility index (Phi) is 6.02. The van der Waals surface area contributed by atoms with Crippen LogP contribution in [-0.2, 0) is 6.54 Å². The minimum atomic E-state index is -0.990. The van der Waals surface area contributed by atoms with E-state index in [1.165, 1.54) is 13.3 Å². The largest absolute Gasteiger partial charge is 0.493 e. The van der Waals surface area contributed by atoms with Crippen molar-refractivity contribution in [2.45, 2.75) is 52.7 Å². The molecular formula is C14H24N2O3. The Balaban J connectivity index is 3.06. The maximum Gasteiger partial charge on any atom is 0.213 e. The van der Waals surface area contributed by atoms with Crippen LogP contribution in [0.5, 0.6) is 5.75 Å². The summed E-state index contributed by atoms with van der Waals surface area (Å²) >= 11 is 0. The lowest BCUT2D eigenvalue weighted by molar-refractivity contribution is 0.0573.